The molecule has 0 aliphatic carbocycles. The normalized spacial score (nSPS) is 19.6. The van der Waals surface area contributed by atoms with Crippen LogP contribution in [-0.4, -0.2) is 77.7 Å². The Morgan fingerprint density at radius 2 is 1.67 bits per heavy atom. The van der Waals surface area contributed by atoms with Gasteiger partial charge in [0.25, 0.3) is 0 Å². The number of likely N-dealkylation sites (N-methyl/N-ethyl adjacent to an activating group) is 1. The van der Waals surface area contributed by atoms with Gasteiger partial charge in [0.15, 0.2) is 0 Å². The number of rotatable bonds is 5. The van der Waals surface area contributed by atoms with Gasteiger partial charge in [-0.15, -0.1) is 37.2 Å². The molecule has 3 aromatic rings. The van der Waals surface area contributed by atoms with E-state index in [9.17, 15) is 5.11 Å². The summed E-state index contributed by atoms with van der Waals surface area (Å²) in [5.74, 6) is 0. The van der Waals surface area contributed by atoms with E-state index in [0.717, 1.165) is 61.8 Å². The Hall–Kier alpha value is -0.440. The molecule has 0 spiro atoms. The lowest BCUT2D eigenvalue weighted by Gasteiger charge is -2.41. The molecule has 2 aliphatic rings. The third-order valence-electron chi connectivity index (χ3n) is 7.09. The monoisotopic (exact) mass is 614 g/mol. The molecule has 2 aliphatic heterocycles. The number of aliphatic hydroxyl groups excluding tert-OH is 1. The lowest BCUT2D eigenvalue weighted by Crippen LogP contribution is -2.49. The zero-order valence-electron chi connectivity index (χ0n) is 19.9. The molecule has 0 radical (unpaired) electrons. The Labute approximate surface area is 246 Å². The topological polar surface area (TPSA) is 45.7 Å². The molecule has 0 saturated carbocycles. The maximum atomic E-state index is 11.1. The second-order valence-corrected chi connectivity index (χ2v) is 10.5. The Bertz CT molecular complexity index is 1150. The lowest BCUT2D eigenvalue weighted by molar-refractivity contribution is 0.0525. The maximum Gasteiger partial charge on any atom is 0.0917 e. The van der Waals surface area contributed by atoms with Crippen LogP contribution in [-0.2, 0) is 6.42 Å². The number of nitrogens with one attached hydrogen (secondary N) is 1. The molecule has 0 amide bonds. The van der Waals surface area contributed by atoms with Crippen molar-refractivity contribution in [3.8, 4) is 0 Å². The first kappa shape index (κ1) is 31.8. The van der Waals surface area contributed by atoms with Crippen LogP contribution >= 0.6 is 72.0 Å². The van der Waals surface area contributed by atoms with Crippen molar-refractivity contribution >= 4 is 82.9 Å². The van der Waals surface area contributed by atoms with Crippen molar-refractivity contribution in [3.63, 3.8) is 0 Å². The minimum absolute atomic E-state index is 0. The molecule has 1 fully saturated rings. The van der Waals surface area contributed by atoms with Gasteiger partial charge in [0.2, 0.25) is 0 Å². The minimum atomic E-state index is -0.643. The Morgan fingerprint density at radius 3 is 2.36 bits per heavy atom. The molecule has 1 aromatic heterocycles. The summed E-state index contributed by atoms with van der Waals surface area (Å²) in [4.78, 5) is 11.0. The molecule has 0 bridgehead atoms. The van der Waals surface area contributed by atoms with E-state index < -0.39 is 6.10 Å². The van der Waals surface area contributed by atoms with E-state index in [1.54, 1.807) is 12.1 Å². The molecule has 2 N–H and O–H groups in total. The number of halogens is 6. The van der Waals surface area contributed by atoms with Crippen molar-refractivity contribution in [3.05, 3.63) is 68.3 Å². The fourth-order valence-electron chi connectivity index (χ4n) is 5.14. The Balaban J connectivity index is 0.00000152. The van der Waals surface area contributed by atoms with Crippen LogP contribution in [0.1, 0.15) is 29.0 Å². The van der Waals surface area contributed by atoms with Gasteiger partial charge < -0.3 is 15.0 Å². The van der Waals surface area contributed by atoms with Gasteiger partial charge >= 0.3 is 0 Å². The smallest absolute Gasteiger partial charge is 0.0917 e. The third-order valence-corrected chi connectivity index (χ3v) is 8.06. The predicted molar refractivity (Wildman–Crippen MR) is 158 cm³/mol. The zero-order chi connectivity index (χ0) is 23.1. The van der Waals surface area contributed by atoms with Crippen LogP contribution in [0.5, 0.6) is 0 Å². The summed E-state index contributed by atoms with van der Waals surface area (Å²) in [6.07, 6.45) is 0.276. The van der Waals surface area contributed by atoms with Crippen molar-refractivity contribution in [2.24, 2.45) is 0 Å². The summed E-state index contributed by atoms with van der Waals surface area (Å²) in [6.45, 7) is 6.60. The van der Waals surface area contributed by atoms with E-state index >= 15 is 0 Å². The summed E-state index contributed by atoms with van der Waals surface area (Å²) in [5.41, 5.74) is 4.52. The first-order chi connectivity index (χ1) is 15.9. The number of piperazine rings is 1. The van der Waals surface area contributed by atoms with Gasteiger partial charge in [-0.3, -0.25) is 9.80 Å². The fourth-order valence-corrected chi connectivity index (χ4v) is 5.61. The van der Waals surface area contributed by atoms with Gasteiger partial charge in [-0.25, -0.2) is 0 Å². The standard InChI is InChI=1S/C25H29Cl3N4O.3ClH/c1-30-8-10-31(11-9-30)14-23-25-18(19-13-17(26)3-5-22(19)29-25)6-7-32(23)15-24(33)16-2-4-20(27)21(28)12-16;;;/h2-5,12-13,23-24,29,33H,6-11,14-15H2,1H3;3*1H. The van der Waals surface area contributed by atoms with Gasteiger partial charge in [-0.2, -0.15) is 0 Å². The summed E-state index contributed by atoms with van der Waals surface area (Å²) in [5, 5.41) is 14.0. The fraction of sp³-hybridized carbons (Fsp3) is 0.440. The second-order valence-electron chi connectivity index (χ2n) is 9.26. The molecule has 5 nitrogen and oxygen atoms in total. The van der Waals surface area contributed by atoms with Crippen LogP contribution in [0.4, 0.5) is 0 Å². The van der Waals surface area contributed by atoms with Gasteiger partial charge in [0, 0.05) is 67.4 Å². The van der Waals surface area contributed by atoms with Gasteiger partial charge in [-0.1, -0.05) is 40.9 Å². The maximum absolute atomic E-state index is 11.1. The van der Waals surface area contributed by atoms with Crippen LogP contribution in [0.25, 0.3) is 10.9 Å². The molecule has 200 valence electrons. The van der Waals surface area contributed by atoms with Crippen LogP contribution < -0.4 is 0 Å². The number of nitrogens with zero attached hydrogens (tertiary/aromatic N) is 3. The molecule has 5 rings (SSSR count). The SMILES string of the molecule is CN1CCN(CC2c3[nH]c4ccc(Cl)cc4c3CCN2CC(O)c2ccc(Cl)c(Cl)c2)CC1.Cl.Cl.Cl. The summed E-state index contributed by atoms with van der Waals surface area (Å²) < 4.78 is 0. The van der Waals surface area contributed by atoms with Gasteiger partial charge in [-0.05, 0) is 54.9 Å². The highest BCUT2D eigenvalue weighted by Crippen LogP contribution is 2.37. The summed E-state index contributed by atoms with van der Waals surface area (Å²) in [7, 11) is 2.18. The second kappa shape index (κ2) is 13.6. The van der Waals surface area contributed by atoms with Gasteiger partial charge in [0.05, 0.1) is 22.2 Å². The molecule has 36 heavy (non-hydrogen) atoms. The van der Waals surface area contributed by atoms with Crippen LogP contribution in [0.3, 0.4) is 0 Å². The van der Waals surface area contributed by atoms with E-state index in [4.69, 9.17) is 34.8 Å². The zero-order valence-corrected chi connectivity index (χ0v) is 24.6. The van der Waals surface area contributed by atoms with Crippen molar-refractivity contribution < 1.29 is 5.11 Å². The number of β-amino-alcohol motifs (C(OH)–C–C–N with tert-alkyl or cyclic N) is 1. The highest BCUT2D eigenvalue weighted by Gasteiger charge is 2.33. The molecule has 3 heterocycles. The van der Waals surface area contributed by atoms with Crippen molar-refractivity contribution in [1.29, 1.82) is 0 Å². The number of hydrogen-bond acceptors (Lipinski definition) is 4. The molecule has 2 unspecified atom stereocenters. The number of aliphatic hydroxyl groups is 1. The van der Waals surface area contributed by atoms with Crippen molar-refractivity contribution in [2.45, 2.75) is 18.6 Å². The number of aromatic nitrogens is 1. The molecule has 11 heteroatoms. The molecular formula is C25H32Cl6N4O. The molecule has 2 aromatic carbocycles. The molecule has 1 saturated heterocycles. The molecule has 2 atom stereocenters. The van der Waals surface area contributed by atoms with Crippen LogP contribution in [0.2, 0.25) is 15.1 Å². The first-order valence-electron chi connectivity index (χ1n) is 11.5. The van der Waals surface area contributed by atoms with E-state index in [1.807, 2.05) is 12.1 Å². The summed E-state index contributed by atoms with van der Waals surface area (Å²) in [6, 6.07) is 11.6. The molecular weight excluding hydrogens is 585 g/mol. The van der Waals surface area contributed by atoms with E-state index in [0.29, 0.717) is 16.6 Å². The highest BCUT2D eigenvalue weighted by molar-refractivity contribution is 6.42. The largest absolute Gasteiger partial charge is 0.387 e. The highest BCUT2D eigenvalue weighted by atomic mass is 35.5. The predicted octanol–water partition coefficient (Wildman–Crippen LogP) is 6.27. The number of aromatic amines is 1. The average Bonchev–Trinajstić information content (AvgIpc) is 3.16. The van der Waals surface area contributed by atoms with Crippen LogP contribution in [0, 0.1) is 0 Å². The number of fused-ring (bicyclic) bond motifs is 3. The number of benzene rings is 2. The Morgan fingerprint density at radius 1 is 0.944 bits per heavy atom. The minimum Gasteiger partial charge on any atom is -0.387 e. The van der Waals surface area contributed by atoms with E-state index in [1.165, 1.54) is 16.6 Å². The third kappa shape index (κ3) is 6.76. The van der Waals surface area contributed by atoms with Gasteiger partial charge in [0.1, 0.15) is 0 Å². The quantitative estimate of drug-likeness (QED) is 0.355. The van der Waals surface area contributed by atoms with Crippen molar-refractivity contribution in [2.75, 3.05) is 52.9 Å². The average molecular weight is 617 g/mol. The van der Waals surface area contributed by atoms with E-state index in [-0.39, 0.29) is 43.3 Å². The summed E-state index contributed by atoms with van der Waals surface area (Å²) >= 11 is 18.6. The number of H-pyrrole nitrogens is 1. The number of hydrogen-bond donors (Lipinski definition) is 2. The van der Waals surface area contributed by atoms with E-state index in [2.05, 4.69) is 38.9 Å². The Kier molecular flexibility index (Phi) is 12.0. The van der Waals surface area contributed by atoms with Crippen LogP contribution in [0.15, 0.2) is 36.4 Å². The lowest BCUT2D eigenvalue weighted by atomic mass is 9.95. The van der Waals surface area contributed by atoms with Crippen molar-refractivity contribution in [1.82, 2.24) is 19.7 Å². The first-order valence-corrected chi connectivity index (χ1v) is 12.6.